The molecule has 3 aromatic rings. The Morgan fingerprint density at radius 2 is 1.17 bits per heavy atom. The first-order valence-electron chi connectivity index (χ1n) is 6.81. The van der Waals surface area contributed by atoms with Crippen molar-refractivity contribution < 1.29 is 21.6 Å². The molecular weight excluding hydrogens is 357 g/mol. The summed E-state index contributed by atoms with van der Waals surface area (Å²) in [5, 5.41) is -1.44. The van der Waals surface area contributed by atoms with Gasteiger partial charge in [0.05, 0.1) is 4.90 Å². The van der Waals surface area contributed by atoms with E-state index in [2.05, 4.69) is 0 Å². The summed E-state index contributed by atoms with van der Waals surface area (Å²) in [5.74, 6) is -0.478. The van der Waals surface area contributed by atoms with Crippen LogP contribution < -0.4 is 0 Å². The van der Waals surface area contributed by atoms with Crippen molar-refractivity contribution in [1.29, 1.82) is 0 Å². The molecule has 124 valence electrons. The smallest absolute Gasteiger partial charge is 0.187 e. The molecule has 0 bridgehead atoms. The van der Waals surface area contributed by atoms with Crippen LogP contribution in [0.25, 0.3) is 22.3 Å². The lowest BCUT2D eigenvalue weighted by molar-refractivity contribution is 0.602. The minimum absolute atomic E-state index is 0.0316. The molecule has 0 N–H and O–H groups in total. The number of sulfone groups is 1. The second-order valence-corrected chi connectivity index (χ2v) is 8.14. The van der Waals surface area contributed by atoms with Gasteiger partial charge in [-0.1, -0.05) is 35.6 Å². The van der Waals surface area contributed by atoms with Gasteiger partial charge in [-0.25, -0.2) is 12.8 Å². The quantitative estimate of drug-likeness (QED) is 0.659. The molecule has 0 radical (unpaired) electrons. The van der Waals surface area contributed by atoms with E-state index in [-0.39, 0.29) is 16.0 Å². The fourth-order valence-electron chi connectivity index (χ4n) is 2.38. The maximum absolute atomic E-state index is 14.2. The molecule has 24 heavy (non-hydrogen) atoms. The van der Waals surface area contributed by atoms with Crippen molar-refractivity contribution in [2.75, 3.05) is 6.26 Å². The topological polar surface area (TPSA) is 34.1 Å². The molecule has 7 heteroatoms. The van der Waals surface area contributed by atoms with Crippen molar-refractivity contribution in [2.45, 2.75) is 4.90 Å². The highest BCUT2D eigenvalue weighted by Crippen LogP contribution is 2.41. The van der Waals surface area contributed by atoms with E-state index in [1.807, 2.05) is 0 Å². The molecule has 2 aromatic carbocycles. The van der Waals surface area contributed by atoms with Crippen LogP contribution in [-0.4, -0.2) is 14.7 Å². The van der Waals surface area contributed by atoms with Gasteiger partial charge in [0.1, 0.15) is 5.82 Å². The first-order valence-corrected chi connectivity index (χ1v) is 9.52. The number of halogens is 3. The largest absolute Gasteiger partial charge is 0.224 e. The Hall–Kier alpha value is -2.12. The minimum Gasteiger partial charge on any atom is -0.224 e. The zero-order valence-electron chi connectivity index (χ0n) is 12.4. The summed E-state index contributed by atoms with van der Waals surface area (Å²) in [6.07, 6.45) is 1.07. The molecule has 0 unspecified atom stereocenters. The van der Waals surface area contributed by atoms with E-state index >= 15 is 0 Å². The Kier molecular flexibility index (Phi) is 4.23. The highest BCUT2D eigenvalue weighted by Gasteiger charge is 2.22. The normalized spacial score (nSPS) is 11.7. The standard InChI is InChI=1S/C17H11F3O2S2/c1-24(21,22)13-8-4-11(5-9-13)15-14(16(19)23-17(15)20)10-2-6-12(18)7-3-10/h2-9H,1H3. The van der Waals surface area contributed by atoms with Gasteiger partial charge in [0, 0.05) is 17.4 Å². The van der Waals surface area contributed by atoms with Gasteiger partial charge in [0.2, 0.25) is 0 Å². The van der Waals surface area contributed by atoms with Gasteiger partial charge < -0.3 is 0 Å². The molecule has 0 amide bonds. The van der Waals surface area contributed by atoms with Crippen LogP contribution in [0.15, 0.2) is 53.4 Å². The molecule has 0 saturated heterocycles. The van der Waals surface area contributed by atoms with E-state index in [0.29, 0.717) is 22.5 Å². The van der Waals surface area contributed by atoms with Crippen LogP contribution in [-0.2, 0) is 9.84 Å². The van der Waals surface area contributed by atoms with E-state index in [9.17, 15) is 21.6 Å². The summed E-state index contributed by atoms with van der Waals surface area (Å²) < 4.78 is 64.5. The number of rotatable bonds is 3. The van der Waals surface area contributed by atoms with Crippen LogP contribution in [0.1, 0.15) is 0 Å². The van der Waals surface area contributed by atoms with Gasteiger partial charge in [-0.3, -0.25) is 0 Å². The molecule has 2 nitrogen and oxygen atoms in total. The number of hydrogen-bond acceptors (Lipinski definition) is 3. The van der Waals surface area contributed by atoms with Gasteiger partial charge in [0.15, 0.2) is 20.1 Å². The Bertz CT molecular complexity index is 990. The predicted molar refractivity (Wildman–Crippen MR) is 88.2 cm³/mol. The first kappa shape index (κ1) is 16.7. The molecule has 0 aliphatic rings. The first-order chi connectivity index (χ1) is 11.3. The zero-order chi connectivity index (χ0) is 17.5. The Morgan fingerprint density at radius 3 is 1.58 bits per heavy atom. The Labute approximate surface area is 141 Å². The molecule has 0 aliphatic carbocycles. The van der Waals surface area contributed by atoms with Gasteiger partial charge in [-0.05, 0) is 35.4 Å². The Balaban J connectivity index is 2.17. The van der Waals surface area contributed by atoms with Crippen LogP contribution in [0.5, 0.6) is 0 Å². The lowest BCUT2D eigenvalue weighted by atomic mass is 9.98. The molecular formula is C17H11F3O2S2. The average Bonchev–Trinajstić information content (AvgIpc) is 2.82. The third-order valence-electron chi connectivity index (χ3n) is 3.53. The van der Waals surface area contributed by atoms with E-state index in [4.69, 9.17) is 0 Å². The van der Waals surface area contributed by atoms with Crippen LogP contribution in [0.3, 0.4) is 0 Å². The lowest BCUT2D eigenvalue weighted by Crippen LogP contribution is -1.96. The molecule has 0 spiro atoms. The van der Waals surface area contributed by atoms with Crippen molar-refractivity contribution in [3.63, 3.8) is 0 Å². The average molecular weight is 368 g/mol. The van der Waals surface area contributed by atoms with E-state index in [0.717, 1.165) is 6.26 Å². The van der Waals surface area contributed by atoms with Crippen LogP contribution in [0.4, 0.5) is 13.2 Å². The maximum Gasteiger partial charge on any atom is 0.187 e. The van der Waals surface area contributed by atoms with E-state index in [1.165, 1.54) is 48.5 Å². The number of benzene rings is 2. The molecule has 0 aliphatic heterocycles. The zero-order valence-corrected chi connectivity index (χ0v) is 14.0. The number of hydrogen-bond donors (Lipinski definition) is 0. The van der Waals surface area contributed by atoms with Crippen molar-refractivity contribution >= 4 is 21.2 Å². The maximum atomic E-state index is 14.2. The van der Waals surface area contributed by atoms with Crippen LogP contribution >= 0.6 is 11.3 Å². The molecule has 0 saturated carbocycles. The monoisotopic (exact) mass is 368 g/mol. The highest BCUT2D eigenvalue weighted by molar-refractivity contribution is 7.90. The second-order valence-electron chi connectivity index (χ2n) is 5.20. The van der Waals surface area contributed by atoms with Crippen LogP contribution in [0, 0.1) is 16.1 Å². The summed E-state index contributed by atoms with van der Waals surface area (Å²) in [6, 6.07) is 10.6. The van der Waals surface area contributed by atoms with Crippen molar-refractivity contribution in [2.24, 2.45) is 0 Å². The van der Waals surface area contributed by atoms with Crippen molar-refractivity contribution in [3.8, 4) is 22.3 Å². The SMILES string of the molecule is CS(=O)(=O)c1ccc(-c2c(F)sc(F)c2-c2ccc(F)cc2)cc1. The summed E-state index contributed by atoms with van der Waals surface area (Å²) in [6.45, 7) is 0. The minimum atomic E-state index is -3.38. The third kappa shape index (κ3) is 3.09. The molecule has 0 fully saturated rings. The predicted octanol–water partition coefficient (Wildman–Crippen LogP) is 4.90. The molecule has 0 atom stereocenters. The summed E-state index contributed by atoms with van der Waals surface area (Å²) in [4.78, 5) is 0.0886. The number of thiophene rings is 1. The van der Waals surface area contributed by atoms with E-state index < -0.39 is 25.9 Å². The van der Waals surface area contributed by atoms with Crippen molar-refractivity contribution in [1.82, 2.24) is 0 Å². The van der Waals surface area contributed by atoms with E-state index in [1.54, 1.807) is 0 Å². The fourth-order valence-corrected chi connectivity index (χ4v) is 3.81. The summed E-state index contributed by atoms with van der Waals surface area (Å²) in [7, 11) is -3.38. The molecule has 1 heterocycles. The van der Waals surface area contributed by atoms with Gasteiger partial charge >= 0.3 is 0 Å². The van der Waals surface area contributed by atoms with Crippen LogP contribution in [0.2, 0.25) is 0 Å². The third-order valence-corrected chi connectivity index (χ3v) is 5.42. The second kappa shape index (κ2) is 6.07. The highest BCUT2D eigenvalue weighted by atomic mass is 32.2. The van der Waals surface area contributed by atoms with Gasteiger partial charge in [0.25, 0.3) is 0 Å². The summed E-state index contributed by atoms with van der Waals surface area (Å²) in [5.41, 5.74) is 0.754. The Morgan fingerprint density at radius 1 is 0.750 bits per heavy atom. The van der Waals surface area contributed by atoms with Gasteiger partial charge in [-0.2, -0.15) is 8.78 Å². The fraction of sp³-hybridized carbons (Fsp3) is 0.0588. The summed E-state index contributed by atoms with van der Waals surface area (Å²) >= 11 is 0.354. The lowest BCUT2D eigenvalue weighted by Gasteiger charge is -2.07. The van der Waals surface area contributed by atoms with Crippen molar-refractivity contribution in [3.05, 3.63) is 64.6 Å². The van der Waals surface area contributed by atoms with Gasteiger partial charge in [-0.15, -0.1) is 0 Å². The molecule has 3 rings (SSSR count). The molecule has 1 aromatic heterocycles.